The number of rotatable bonds is 15. The third-order valence-electron chi connectivity index (χ3n) is 9.55. The SMILES string of the molecule is CCC(C)C(C(=O)N[C@@H](Cc1ccc2ccccc2c1)[C@@H](O)[C@@H](O)CC(C)C)N(C(=O)C(C)NC1CCCCC1)C(=O)N(C)CC. The molecule has 0 heterocycles. The molecule has 0 spiro atoms. The van der Waals surface area contributed by atoms with Crippen LogP contribution in [-0.4, -0.2) is 87.8 Å². The molecule has 9 nitrogen and oxygen atoms in total. The van der Waals surface area contributed by atoms with Gasteiger partial charge in [0.2, 0.25) is 11.8 Å². The van der Waals surface area contributed by atoms with Crippen LogP contribution >= 0.6 is 0 Å². The van der Waals surface area contributed by atoms with Crippen LogP contribution in [0.2, 0.25) is 0 Å². The molecular weight excluding hydrogens is 580 g/mol. The van der Waals surface area contributed by atoms with Crippen molar-refractivity contribution < 1.29 is 24.6 Å². The van der Waals surface area contributed by atoms with Crippen LogP contribution in [0.5, 0.6) is 0 Å². The maximum atomic E-state index is 14.4. The largest absolute Gasteiger partial charge is 0.390 e. The van der Waals surface area contributed by atoms with Gasteiger partial charge in [-0.15, -0.1) is 0 Å². The number of carbonyl (C=O) groups excluding carboxylic acids is 3. The molecule has 256 valence electrons. The number of aliphatic hydroxyl groups excluding tert-OH is 2. The maximum Gasteiger partial charge on any atom is 0.327 e. The Bertz CT molecular complexity index is 1280. The van der Waals surface area contributed by atoms with Gasteiger partial charge in [0, 0.05) is 19.6 Å². The zero-order chi connectivity index (χ0) is 34.0. The fourth-order valence-corrected chi connectivity index (χ4v) is 6.46. The number of hydrogen-bond donors (Lipinski definition) is 4. The Morgan fingerprint density at radius 2 is 1.59 bits per heavy atom. The molecule has 46 heavy (non-hydrogen) atoms. The van der Waals surface area contributed by atoms with Gasteiger partial charge in [0.15, 0.2) is 0 Å². The summed E-state index contributed by atoms with van der Waals surface area (Å²) in [5, 5.41) is 31.0. The maximum absolute atomic E-state index is 14.4. The smallest absolute Gasteiger partial charge is 0.327 e. The molecule has 2 aromatic carbocycles. The fraction of sp³-hybridized carbons (Fsp3) is 0.649. The standard InChI is InChI=1S/C37H58N4O5/c1-8-25(5)33(41(37(46)40(7)9-2)36(45)26(6)38-30-17-11-10-12-18-30)35(44)39-31(34(43)32(42)21-24(3)4)23-27-19-20-28-15-13-14-16-29(28)22-27/h13-16,19-20,22,24-26,30-34,38,42-43H,8-12,17-18,21,23H2,1-7H3,(H,39,44)/t25?,26?,31-,32-,33?,34+/m0/s1. The molecule has 0 bridgehead atoms. The molecule has 0 aromatic heterocycles. The number of carbonyl (C=O) groups is 3. The van der Waals surface area contributed by atoms with E-state index in [1.54, 1.807) is 14.0 Å². The minimum Gasteiger partial charge on any atom is -0.390 e. The van der Waals surface area contributed by atoms with Gasteiger partial charge in [0.25, 0.3) is 0 Å². The minimum absolute atomic E-state index is 0.128. The Kier molecular flexibility index (Phi) is 14.5. The molecule has 6 atom stereocenters. The first-order valence-corrected chi connectivity index (χ1v) is 17.4. The molecule has 1 saturated carbocycles. The number of benzene rings is 2. The molecule has 4 N–H and O–H groups in total. The van der Waals surface area contributed by atoms with E-state index in [9.17, 15) is 24.6 Å². The van der Waals surface area contributed by atoms with E-state index in [1.165, 1.54) is 11.3 Å². The summed E-state index contributed by atoms with van der Waals surface area (Å²) in [6, 6.07) is 11.0. The summed E-state index contributed by atoms with van der Waals surface area (Å²) in [4.78, 5) is 45.0. The average Bonchev–Trinajstić information content (AvgIpc) is 3.05. The number of imide groups is 1. The number of amides is 4. The lowest BCUT2D eigenvalue weighted by Crippen LogP contribution is -2.63. The van der Waals surface area contributed by atoms with E-state index in [-0.39, 0.29) is 24.3 Å². The Balaban J connectivity index is 1.97. The number of fused-ring (bicyclic) bond motifs is 1. The normalized spacial score (nSPS) is 18.0. The van der Waals surface area contributed by atoms with E-state index in [0.29, 0.717) is 19.4 Å². The fourth-order valence-electron chi connectivity index (χ4n) is 6.46. The van der Waals surface area contributed by atoms with Crippen molar-refractivity contribution in [2.75, 3.05) is 13.6 Å². The Morgan fingerprint density at radius 1 is 0.935 bits per heavy atom. The lowest BCUT2D eigenvalue weighted by molar-refractivity contribution is -0.141. The van der Waals surface area contributed by atoms with Crippen molar-refractivity contribution in [2.24, 2.45) is 11.8 Å². The molecule has 4 amide bonds. The van der Waals surface area contributed by atoms with E-state index in [1.807, 2.05) is 77.1 Å². The predicted octanol–water partition coefficient (Wildman–Crippen LogP) is 5.26. The van der Waals surface area contributed by atoms with E-state index in [4.69, 9.17) is 0 Å². The number of urea groups is 1. The Labute approximate surface area is 276 Å². The zero-order valence-corrected chi connectivity index (χ0v) is 29.0. The number of nitrogens with one attached hydrogen (secondary N) is 2. The average molecular weight is 639 g/mol. The second-order valence-corrected chi connectivity index (χ2v) is 13.7. The van der Waals surface area contributed by atoms with Gasteiger partial charge in [0.1, 0.15) is 12.1 Å². The number of nitrogens with zero attached hydrogens (tertiary/aromatic N) is 2. The third-order valence-corrected chi connectivity index (χ3v) is 9.55. The first-order valence-electron chi connectivity index (χ1n) is 17.4. The highest BCUT2D eigenvalue weighted by atomic mass is 16.3. The molecule has 3 rings (SSSR count). The summed E-state index contributed by atoms with van der Waals surface area (Å²) in [6.45, 7) is 11.7. The van der Waals surface area contributed by atoms with Crippen molar-refractivity contribution in [3.63, 3.8) is 0 Å². The van der Waals surface area contributed by atoms with Gasteiger partial charge < -0.3 is 25.7 Å². The third kappa shape index (κ3) is 9.99. The van der Waals surface area contributed by atoms with Gasteiger partial charge in [-0.2, -0.15) is 0 Å². The van der Waals surface area contributed by atoms with Crippen LogP contribution in [0.25, 0.3) is 10.8 Å². The van der Waals surface area contributed by atoms with Crippen molar-refractivity contribution in [2.45, 2.75) is 129 Å². The van der Waals surface area contributed by atoms with Crippen molar-refractivity contribution in [3.05, 3.63) is 48.0 Å². The lowest BCUT2D eigenvalue weighted by atomic mass is 9.91. The summed E-state index contributed by atoms with van der Waals surface area (Å²) in [5.41, 5.74) is 0.889. The summed E-state index contributed by atoms with van der Waals surface area (Å²) in [5.74, 6) is -1.20. The molecule has 9 heteroatoms. The molecular formula is C37H58N4O5. The van der Waals surface area contributed by atoms with Crippen LogP contribution < -0.4 is 10.6 Å². The first kappa shape index (κ1) is 37.4. The number of aliphatic hydroxyl groups is 2. The molecule has 0 saturated heterocycles. The molecule has 1 fully saturated rings. The van der Waals surface area contributed by atoms with Crippen LogP contribution in [0.3, 0.4) is 0 Å². The highest BCUT2D eigenvalue weighted by Crippen LogP contribution is 2.23. The molecule has 0 radical (unpaired) electrons. The van der Waals surface area contributed by atoms with Crippen LogP contribution in [0.4, 0.5) is 4.79 Å². The summed E-state index contributed by atoms with van der Waals surface area (Å²) in [7, 11) is 1.63. The summed E-state index contributed by atoms with van der Waals surface area (Å²) >= 11 is 0. The molecule has 1 aliphatic carbocycles. The van der Waals surface area contributed by atoms with Crippen molar-refractivity contribution in [1.29, 1.82) is 0 Å². The van der Waals surface area contributed by atoms with Crippen LogP contribution in [0.15, 0.2) is 42.5 Å². The van der Waals surface area contributed by atoms with Crippen LogP contribution in [-0.2, 0) is 16.0 Å². The van der Waals surface area contributed by atoms with Crippen molar-refractivity contribution >= 4 is 28.6 Å². The minimum atomic E-state index is -1.26. The van der Waals surface area contributed by atoms with E-state index < -0.39 is 48.2 Å². The lowest BCUT2D eigenvalue weighted by Gasteiger charge is -2.38. The Hall–Kier alpha value is -3.01. The van der Waals surface area contributed by atoms with E-state index in [0.717, 1.165) is 46.9 Å². The Morgan fingerprint density at radius 3 is 2.20 bits per heavy atom. The molecule has 1 aliphatic rings. The van der Waals surface area contributed by atoms with Gasteiger partial charge in [0.05, 0.1) is 18.2 Å². The second-order valence-electron chi connectivity index (χ2n) is 13.7. The topological polar surface area (TPSA) is 122 Å². The van der Waals surface area contributed by atoms with Gasteiger partial charge in [-0.3, -0.25) is 9.59 Å². The van der Waals surface area contributed by atoms with Crippen LogP contribution in [0, 0.1) is 11.8 Å². The first-order chi connectivity index (χ1) is 21.9. The van der Waals surface area contributed by atoms with Gasteiger partial charge in [-0.1, -0.05) is 95.8 Å². The summed E-state index contributed by atoms with van der Waals surface area (Å²) in [6.07, 6.45) is 4.15. The zero-order valence-electron chi connectivity index (χ0n) is 29.0. The highest BCUT2D eigenvalue weighted by molar-refractivity contribution is 6.01. The quantitative estimate of drug-likeness (QED) is 0.211. The predicted molar refractivity (Wildman–Crippen MR) is 184 cm³/mol. The van der Waals surface area contributed by atoms with Gasteiger partial charge in [-0.05, 0) is 67.7 Å². The molecule has 0 aliphatic heterocycles. The molecule has 3 unspecified atom stereocenters. The van der Waals surface area contributed by atoms with Crippen molar-refractivity contribution in [1.82, 2.24) is 20.4 Å². The second kappa shape index (κ2) is 17.8. The highest BCUT2D eigenvalue weighted by Gasteiger charge is 2.42. The van der Waals surface area contributed by atoms with Crippen LogP contribution in [0.1, 0.15) is 92.1 Å². The summed E-state index contributed by atoms with van der Waals surface area (Å²) < 4.78 is 0. The van der Waals surface area contributed by atoms with Gasteiger partial charge in [-0.25, -0.2) is 9.69 Å². The van der Waals surface area contributed by atoms with Gasteiger partial charge >= 0.3 is 6.03 Å². The van der Waals surface area contributed by atoms with E-state index in [2.05, 4.69) is 10.6 Å². The number of hydrogen-bond acceptors (Lipinski definition) is 6. The monoisotopic (exact) mass is 638 g/mol. The van der Waals surface area contributed by atoms with E-state index >= 15 is 0 Å². The van der Waals surface area contributed by atoms with Crippen molar-refractivity contribution in [3.8, 4) is 0 Å². The molecule has 2 aromatic rings.